The van der Waals surface area contributed by atoms with E-state index in [1.165, 1.54) is 0 Å². The van der Waals surface area contributed by atoms with Gasteiger partial charge in [-0.05, 0) is 6.42 Å². The number of amidine groups is 1. The van der Waals surface area contributed by atoms with Crippen LogP contribution < -0.4 is 5.32 Å². The van der Waals surface area contributed by atoms with Gasteiger partial charge in [0.1, 0.15) is 5.84 Å². The minimum Gasteiger partial charge on any atom is -0.396 e. The van der Waals surface area contributed by atoms with E-state index in [-0.39, 0.29) is 30.4 Å². The summed E-state index contributed by atoms with van der Waals surface area (Å²) in [6, 6.07) is -0.589. The molecule has 3 unspecified atom stereocenters. The van der Waals surface area contributed by atoms with Crippen LogP contribution in [0.1, 0.15) is 6.42 Å². The van der Waals surface area contributed by atoms with Gasteiger partial charge in [0.15, 0.2) is 6.04 Å². The van der Waals surface area contributed by atoms with Crippen molar-refractivity contribution in [2.45, 2.75) is 18.5 Å². The average molecular weight is 247 g/mol. The molecule has 3 N–H and O–H groups in total. The number of nitrogens with zero attached hydrogens (tertiary/aromatic N) is 3. The molecule has 0 spiro atoms. The fourth-order valence-corrected chi connectivity index (χ4v) is 2.39. The smallest absolute Gasteiger partial charge is 0.259 e. The van der Waals surface area contributed by atoms with E-state index in [0.29, 0.717) is 5.84 Å². The van der Waals surface area contributed by atoms with Crippen LogP contribution in [0.4, 0.5) is 0 Å². The number of guanidine groups is 1. The topological polar surface area (TPSA) is 101 Å². The van der Waals surface area contributed by atoms with Gasteiger partial charge in [0.25, 0.3) is 5.91 Å². The first-order chi connectivity index (χ1) is 8.69. The third-order valence-corrected chi connectivity index (χ3v) is 3.31. The van der Waals surface area contributed by atoms with E-state index in [0.717, 1.165) is 6.42 Å². The average Bonchev–Trinajstić information content (AvgIpc) is 2.93. The van der Waals surface area contributed by atoms with Gasteiger partial charge in [-0.2, -0.15) is 4.99 Å². The third kappa shape index (κ3) is 1.63. The summed E-state index contributed by atoms with van der Waals surface area (Å²) >= 11 is 0. The number of aliphatic hydroxyl groups is 1. The quantitative estimate of drug-likeness (QED) is 0.551. The number of rotatable bonds is 2. The summed E-state index contributed by atoms with van der Waals surface area (Å²) in [7, 11) is 0. The Morgan fingerprint density at radius 3 is 3.11 bits per heavy atom. The van der Waals surface area contributed by atoms with Crippen LogP contribution in [0.2, 0.25) is 0 Å². The second-order valence-electron chi connectivity index (χ2n) is 4.51. The van der Waals surface area contributed by atoms with Crippen molar-refractivity contribution < 1.29 is 9.90 Å². The minimum absolute atomic E-state index is 0.0494. The molecule has 18 heavy (non-hydrogen) atoms. The van der Waals surface area contributed by atoms with Gasteiger partial charge in [0.2, 0.25) is 5.96 Å². The molecular weight excluding hydrogens is 234 g/mol. The molecule has 0 bridgehead atoms. The monoisotopic (exact) mass is 247 g/mol. The van der Waals surface area contributed by atoms with Crippen molar-refractivity contribution in [2.24, 2.45) is 15.9 Å². The van der Waals surface area contributed by atoms with Crippen molar-refractivity contribution >= 4 is 24.0 Å². The summed E-state index contributed by atoms with van der Waals surface area (Å²) in [5.41, 5.74) is 0. The standard InChI is InChI=1S/C11H13N5O2/c12-11-14-9-8(10(18)15-11)13-5-16(9)7-2-1-6(3-7)4-17/h1-2,5-8,17H,3-4H2,(H2,12,15,18). The maximum atomic E-state index is 11.6. The summed E-state index contributed by atoms with van der Waals surface area (Å²) in [5.74, 6) is 0.170. The molecule has 0 radical (unpaired) electrons. The Balaban J connectivity index is 1.84. The molecule has 1 amide bonds. The zero-order chi connectivity index (χ0) is 12.7. The van der Waals surface area contributed by atoms with Crippen LogP contribution in [0.25, 0.3) is 0 Å². The lowest BCUT2D eigenvalue weighted by atomic mass is 10.1. The van der Waals surface area contributed by atoms with Gasteiger partial charge >= 0.3 is 0 Å². The Morgan fingerprint density at radius 1 is 1.56 bits per heavy atom. The lowest BCUT2D eigenvalue weighted by Gasteiger charge is -2.26. The fraction of sp³-hybridized carbons (Fsp3) is 0.455. The molecule has 0 fully saturated rings. The SMILES string of the molecule is N=C1N=C2C(N=CN2C2C=CC(CO)C2)C(=O)N1. The van der Waals surface area contributed by atoms with Crippen molar-refractivity contribution in [1.29, 1.82) is 5.41 Å². The van der Waals surface area contributed by atoms with Crippen LogP contribution in [-0.2, 0) is 4.79 Å². The Labute approximate surface area is 103 Å². The Morgan fingerprint density at radius 2 is 2.39 bits per heavy atom. The van der Waals surface area contributed by atoms with E-state index in [4.69, 9.17) is 10.5 Å². The zero-order valence-electron chi connectivity index (χ0n) is 9.58. The summed E-state index contributed by atoms with van der Waals surface area (Å²) in [6.45, 7) is 0.115. The highest BCUT2D eigenvalue weighted by Crippen LogP contribution is 2.25. The van der Waals surface area contributed by atoms with E-state index in [1.807, 2.05) is 17.1 Å². The maximum Gasteiger partial charge on any atom is 0.259 e. The third-order valence-electron chi connectivity index (χ3n) is 3.31. The van der Waals surface area contributed by atoms with Gasteiger partial charge in [-0.25, -0.2) is 0 Å². The highest BCUT2D eigenvalue weighted by molar-refractivity contribution is 6.23. The number of aliphatic hydroxyl groups excluding tert-OH is 1. The first-order valence-electron chi connectivity index (χ1n) is 5.78. The molecule has 7 nitrogen and oxygen atoms in total. The summed E-state index contributed by atoms with van der Waals surface area (Å²) in [4.78, 5) is 21.6. The van der Waals surface area contributed by atoms with E-state index in [1.54, 1.807) is 6.34 Å². The van der Waals surface area contributed by atoms with Crippen molar-refractivity contribution in [3.63, 3.8) is 0 Å². The number of hydrogen-bond acceptors (Lipinski definition) is 5. The minimum atomic E-state index is -0.638. The van der Waals surface area contributed by atoms with Gasteiger partial charge in [0, 0.05) is 12.5 Å². The summed E-state index contributed by atoms with van der Waals surface area (Å²) in [6.07, 6.45) is 6.30. The predicted molar refractivity (Wildman–Crippen MR) is 65.5 cm³/mol. The number of fused-ring (bicyclic) bond motifs is 1. The Hall–Kier alpha value is -2.02. The van der Waals surface area contributed by atoms with Gasteiger partial charge in [0.05, 0.1) is 12.4 Å². The molecule has 2 aliphatic heterocycles. The van der Waals surface area contributed by atoms with E-state index in [9.17, 15) is 4.79 Å². The molecule has 0 saturated heterocycles. The zero-order valence-corrected chi connectivity index (χ0v) is 9.58. The normalized spacial score (nSPS) is 33.7. The molecular formula is C11H13N5O2. The largest absolute Gasteiger partial charge is 0.396 e. The van der Waals surface area contributed by atoms with Gasteiger partial charge in [-0.1, -0.05) is 12.2 Å². The van der Waals surface area contributed by atoms with Crippen LogP contribution >= 0.6 is 0 Å². The molecule has 1 aliphatic carbocycles. The molecule has 3 aliphatic rings. The van der Waals surface area contributed by atoms with Crippen molar-refractivity contribution in [2.75, 3.05) is 6.61 Å². The lowest BCUT2D eigenvalue weighted by molar-refractivity contribution is -0.119. The predicted octanol–water partition coefficient (Wildman–Crippen LogP) is -0.901. The second-order valence-corrected chi connectivity index (χ2v) is 4.51. The molecule has 7 heteroatoms. The molecule has 0 saturated carbocycles. The first kappa shape index (κ1) is 11.1. The van der Waals surface area contributed by atoms with Gasteiger partial charge in [-0.3, -0.25) is 20.5 Å². The molecule has 3 atom stereocenters. The second kappa shape index (κ2) is 4.02. The first-order valence-corrected chi connectivity index (χ1v) is 5.78. The Kier molecular flexibility index (Phi) is 2.48. The molecule has 0 aromatic heterocycles. The number of amides is 1. The van der Waals surface area contributed by atoms with Crippen LogP contribution in [0, 0.1) is 11.3 Å². The molecule has 2 heterocycles. The lowest BCUT2D eigenvalue weighted by Crippen LogP contribution is -2.50. The highest BCUT2D eigenvalue weighted by atomic mass is 16.3. The fourth-order valence-electron chi connectivity index (χ4n) is 2.39. The van der Waals surface area contributed by atoms with Crippen LogP contribution in [0.15, 0.2) is 22.1 Å². The number of carbonyl (C=O) groups excluding carboxylic acids is 1. The van der Waals surface area contributed by atoms with Crippen LogP contribution in [-0.4, -0.2) is 52.7 Å². The number of carbonyl (C=O) groups is 1. The van der Waals surface area contributed by atoms with Gasteiger partial charge < -0.3 is 10.0 Å². The van der Waals surface area contributed by atoms with Crippen LogP contribution in [0.5, 0.6) is 0 Å². The summed E-state index contributed by atoms with van der Waals surface area (Å²) in [5, 5.41) is 18.9. The maximum absolute atomic E-state index is 11.6. The molecule has 3 rings (SSSR count). The molecule has 0 aromatic rings. The Bertz CT molecular complexity index is 496. The number of nitrogens with one attached hydrogen (secondary N) is 2. The van der Waals surface area contributed by atoms with Crippen molar-refractivity contribution in [3.05, 3.63) is 12.2 Å². The number of hydrogen-bond donors (Lipinski definition) is 3. The highest BCUT2D eigenvalue weighted by Gasteiger charge is 2.39. The number of aliphatic imine (C=N–C) groups is 2. The van der Waals surface area contributed by atoms with Crippen LogP contribution in [0.3, 0.4) is 0 Å². The van der Waals surface area contributed by atoms with E-state index >= 15 is 0 Å². The van der Waals surface area contributed by atoms with Crippen molar-refractivity contribution in [3.8, 4) is 0 Å². The van der Waals surface area contributed by atoms with E-state index in [2.05, 4.69) is 15.3 Å². The van der Waals surface area contributed by atoms with Gasteiger partial charge in [-0.15, -0.1) is 0 Å². The van der Waals surface area contributed by atoms with E-state index < -0.39 is 6.04 Å². The molecule has 0 aromatic carbocycles. The van der Waals surface area contributed by atoms with Crippen molar-refractivity contribution in [1.82, 2.24) is 10.2 Å². The summed E-state index contributed by atoms with van der Waals surface area (Å²) < 4.78 is 0. The molecule has 94 valence electrons.